The molecule has 0 aliphatic carbocycles. The van der Waals surface area contributed by atoms with E-state index in [4.69, 9.17) is 9.84 Å². The summed E-state index contributed by atoms with van der Waals surface area (Å²) in [4.78, 5) is 14.4. The number of aromatic amines is 1. The van der Waals surface area contributed by atoms with Gasteiger partial charge in [0.05, 0.1) is 18.5 Å². The van der Waals surface area contributed by atoms with E-state index in [-0.39, 0.29) is 18.3 Å². The number of nitrogens with one attached hydrogen (secondary N) is 2. The van der Waals surface area contributed by atoms with Gasteiger partial charge in [0, 0.05) is 43.9 Å². The van der Waals surface area contributed by atoms with Crippen molar-refractivity contribution in [1.82, 2.24) is 20.4 Å². The van der Waals surface area contributed by atoms with Crippen molar-refractivity contribution < 1.29 is 19.0 Å². The fourth-order valence-corrected chi connectivity index (χ4v) is 3.11. The van der Waals surface area contributed by atoms with Gasteiger partial charge in [-0.1, -0.05) is 0 Å². The highest BCUT2D eigenvalue weighted by molar-refractivity contribution is 5.81. The third kappa shape index (κ3) is 5.35. The molecule has 1 aromatic carbocycles. The highest BCUT2D eigenvalue weighted by atomic mass is 19.1. The molecular formula is C19H25FN4O3. The van der Waals surface area contributed by atoms with Gasteiger partial charge in [0.2, 0.25) is 5.91 Å². The third-order valence-electron chi connectivity index (χ3n) is 4.57. The van der Waals surface area contributed by atoms with E-state index in [2.05, 4.69) is 20.4 Å². The van der Waals surface area contributed by atoms with Crippen molar-refractivity contribution in [1.29, 1.82) is 0 Å². The number of benzene rings is 1. The molecule has 0 bridgehead atoms. The van der Waals surface area contributed by atoms with Crippen molar-refractivity contribution in [2.75, 3.05) is 32.8 Å². The molecule has 0 radical (unpaired) electrons. The summed E-state index contributed by atoms with van der Waals surface area (Å²) in [6.45, 7) is 3.00. The number of ether oxygens (including phenoxy) is 1. The van der Waals surface area contributed by atoms with Crippen LogP contribution in [0.4, 0.5) is 4.39 Å². The lowest BCUT2D eigenvalue weighted by Crippen LogP contribution is -2.49. The maximum Gasteiger partial charge on any atom is 0.250 e. The van der Waals surface area contributed by atoms with E-state index in [0.29, 0.717) is 32.7 Å². The quantitative estimate of drug-likeness (QED) is 0.605. The topological polar surface area (TPSA) is 90.5 Å². The van der Waals surface area contributed by atoms with Crippen LogP contribution in [0.25, 0.3) is 11.3 Å². The zero-order valence-electron chi connectivity index (χ0n) is 15.2. The number of amides is 1. The maximum atomic E-state index is 13.2. The smallest absolute Gasteiger partial charge is 0.250 e. The molecule has 3 rings (SSSR count). The first-order valence-corrected chi connectivity index (χ1v) is 9.18. The maximum absolute atomic E-state index is 13.2. The molecule has 1 amide bonds. The number of carbonyl (C=O) groups excluding carboxylic acids is 1. The van der Waals surface area contributed by atoms with Gasteiger partial charge in [-0.2, -0.15) is 5.10 Å². The molecule has 1 aliphatic heterocycles. The van der Waals surface area contributed by atoms with E-state index in [9.17, 15) is 9.18 Å². The van der Waals surface area contributed by atoms with E-state index < -0.39 is 6.10 Å². The molecule has 146 valence electrons. The minimum atomic E-state index is -0.506. The van der Waals surface area contributed by atoms with Crippen molar-refractivity contribution in [2.24, 2.45) is 0 Å². The monoisotopic (exact) mass is 376 g/mol. The number of unbranched alkanes of at least 4 members (excludes halogenated alkanes) is 1. The van der Waals surface area contributed by atoms with Crippen molar-refractivity contribution in [3.05, 3.63) is 41.8 Å². The molecule has 1 fully saturated rings. The lowest BCUT2D eigenvalue weighted by molar-refractivity contribution is -0.138. The fourth-order valence-electron chi connectivity index (χ4n) is 3.11. The number of carbonyl (C=O) groups is 1. The van der Waals surface area contributed by atoms with Gasteiger partial charge in [0.15, 0.2) is 0 Å². The number of rotatable bonds is 8. The van der Waals surface area contributed by atoms with Gasteiger partial charge in [-0.15, -0.1) is 0 Å². The molecule has 8 heteroatoms. The van der Waals surface area contributed by atoms with Crippen LogP contribution in [0.1, 0.15) is 18.4 Å². The minimum Gasteiger partial charge on any atom is -0.396 e. The Hall–Kier alpha value is -2.29. The molecule has 1 saturated heterocycles. The fraction of sp³-hybridized carbons (Fsp3) is 0.474. The Morgan fingerprint density at radius 3 is 2.96 bits per heavy atom. The summed E-state index contributed by atoms with van der Waals surface area (Å²) in [5.74, 6) is -0.399. The Kier molecular flexibility index (Phi) is 6.92. The first kappa shape index (κ1) is 19.5. The second kappa shape index (κ2) is 9.59. The molecule has 27 heavy (non-hydrogen) atoms. The molecule has 3 N–H and O–H groups in total. The Balaban J connectivity index is 1.57. The minimum absolute atomic E-state index is 0.122. The summed E-state index contributed by atoms with van der Waals surface area (Å²) in [6.07, 6.45) is 2.67. The Bertz CT molecular complexity index is 735. The van der Waals surface area contributed by atoms with Gasteiger partial charge >= 0.3 is 0 Å². The van der Waals surface area contributed by atoms with Crippen molar-refractivity contribution in [3.63, 3.8) is 0 Å². The van der Waals surface area contributed by atoms with E-state index in [1.54, 1.807) is 18.3 Å². The first-order chi connectivity index (χ1) is 13.2. The lowest BCUT2D eigenvalue weighted by Gasteiger charge is -2.32. The van der Waals surface area contributed by atoms with Crippen LogP contribution in [0.2, 0.25) is 0 Å². The summed E-state index contributed by atoms with van der Waals surface area (Å²) in [5, 5.41) is 18.7. The highest BCUT2D eigenvalue weighted by Gasteiger charge is 2.27. The Morgan fingerprint density at radius 2 is 2.19 bits per heavy atom. The number of hydrogen-bond donors (Lipinski definition) is 3. The van der Waals surface area contributed by atoms with Gasteiger partial charge in [-0.05, 0) is 37.1 Å². The summed E-state index contributed by atoms with van der Waals surface area (Å²) >= 11 is 0. The van der Waals surface area contributed by atoms with Crippen molar-refractivity contribution in [3.8, 4) is 11.3 Å². The second-order valence-electron chi connectivity index (χ2n) is 6.59. The molecule has 0 saturated carbocycles. The number of H-pyrrole nitrogens is 1. The Morgan fingerprint density at radius 1 is 1.37 bits per heavy atom. The van der Waals surface area contributed by atoms with Gasteiger partial charge in [-0.25, -0.2) is 4.39 Å². The van der Waals surface area contributed by atoms with Crippen LogP contribution in [0.5, 0.6) is 0 Å². The Labute approximate surface area is 157 Å². The summed E-state index contributed by atoms with van der Waals surface area (Å²) in [6, 6.07) is 6.28. The molecule has 0 unspecified atom stereocenters. The molecule has 1 atom stereocenters. The zero-order valence-corrected chi connectivity index (χ0v) is 15.2. The van der Waals surface area contributed by atoms with Crippen molar-refractivity contribution >= 4 is 5.91 Å². The molecule has 2 aromatic rings. The van der Waals surface area contributed by atoms with Gasteiger partial charge in [-0.3, -0.25) is 14.8 Å². The largest absolute Gasteiger partial charge is 0.396 e. The average Bonchev–Trinajstić information content (AvgIpc) is 3.14. The van der Waals surface area contributed by atoms with Gasteiger partial charge < -0.3 is 15.2 Å². The SMILES string of the molecule is O=C(NCCCCO)[C@H]1CN(Cc2cn[nH]c2-c2ccc(F)cc2)CCO1. The van der Waals surface area contributed by atoms with Gasteiger partial charge in [0.25, 0.3) is 0 Å². The van der Waals surface area contributed by atoms with Crippen LogP contribution in [0.15, 0.2) is 30.5 Å². The summed E-state index contributed by atoms with van der Waals surface area (Å²) in [7, 11) is 0. The number of halogens is 1. The number of aliphatic hydroxyl groups is 1. The predicted molar refractivity (Wildman–Crippen MR) is 98.3 cm³/mol. The van der Waals surface area contributed by atoms with E-state index >= 15 is 0 Å². The lowest BCUT2D eigenvalue weighted by atomic mass is 10.1. The number of morpholine rings is 1. The normalized spacial score (nSPS) is 17.8. The average molecular weight is 376 g/mol. The molecule has 0 spiro atoms. The van der Waals surface area contributed by atoms with Crippen LogP contribution >= 0.6 is 0 Å². The van der Waals surface area contributed by atoms with Crippen LogP contribution < -0.4 is 5.32 Å². The molecule has 7 nitrogen and oxygen atoms in total. The predicted octanol–water partition coefficient (Wildman–Crippen LogP) is 1.31. The van der Waals surface area contributed by atoms with Crippen molar-refractivity contribution in [2.45, 2.75) is 25.5 Å². The van der Waals surface area contributed by atoms with E-state index in [1.807, 2.05) is 0 Å². The standard InChI is InChI=1S/C19H25FN4O3/c20-16-5-3-14(4-6-16)18-15(11-22-23-18)12-24-8-10-27-17(13-24)19(26)21-7-1-2-9-25/h3-6,11,17,25H,1-2,7-10,12-13H2,(H,21,26)(H,22,23)/t17-/m1/s1. The van der Waals surface area contributed by atoms with Crippen LogP contribution in [-0.2, 0) is 16.1 Å². The third-order valence-corrected chi connectivity index (χ3v) is 4.57. The van der Waals surface area contributed by atoms with Crippen LogP contribution in [0.3, 0.4) is 0 Å². The zero-order chi connectivity index (χ0) is 19.1. The highest BCUT2D eigenvalue weighted by Crippen LogP contribution is 2.23. The van der Waals surface area contributed by atoms with Gasteiger partial charge in [0.1, 0.15) is 11.9 Å². The number of hydrogen-bond acceptors (Lipinski definition) is 5. The number of nitrogens with zero attached hydrogens (tertiary/aromatic N) is 2. The van der Waals surface area contributed by atoms with Crippen LogP contribution in [-0.4, -0.2) is 65.1 Å². The number of aliphatic hydroxyl groups excluding tert-OH is 1. The van der Waals surface area contributed by atoms with E-state index in [0.717, 1.165) is 29.8 Å². The summed E-state index contributed by atoms with van der Waals surface area (Å²) < 4.78 is 18.8. The molecular weight excluding hydrogens is 351 g/mol. The molecule has 2 heterocycles. The van der Waals surface area contributed by atoms with Crippen LogP contribution in [0, 0.1) is 5.82 Å². The molecule has 1 aromatic heterocycles. The second-order valence-corrected chi connectivity index (χ2v) is 6.59. The molecule has 1 aliphatic rings. The first-order valence-electron chi connectivity index (χ1n) is 9.18. The van der Waals surface area contributed by atoms with E-state index in [1.165, 1.54) is 12.1 Å². The summed E-state index contributed by atoms with van der Waals surface area (Å²) in [5.41, 5.74) is 2.72. The number of aromatic nitrogens is 2.